The Kier molecular flexibility index (Phi) is 8.55. The van der Waals surface area contributed by atoms with Crippen LogP contribution in [-0.4, -0.2) is 52.8 Å². The molecule has 3 N–H and O–H groups in total. The molecule has 1 amide bonds. The lowest BCUT2D eigenvalue weighted by atomic mass is 10.2. The summed E-state index contributed by atoms with van der Waals surface area (Å²) in [6, 6.07) is 6.07. The highest BCUT2D eigenvalue weighted by molar-refractivity contribution is 7.92. The highest BCUT2D eigenvalue weighted by Gasteiger charge is 2.22. The van der Waals surface area contributed by atoms with Gasteiger partial charge < -0.3 is 19.8 Å². The first-order valence-electron chi connectivity index (χ1n) is 9.87. The summed E-state index contributed by atoms with van der Waals surface area (Å²) in [5.74, 6) is -1.59. The van der Waals surface area contributed by atoms with E-state index in [9.17, 15) is 17.6 Å². The number of rotatable bonds is 11. The Labute approximate surface area is 200 Å². The number of fused-ring (bicyclic) bond motifs is 1. The molecule has 0 bridgehead atoms. The van der Waals surface area contributed by atoms with Crippen LogP contribution in [0, 0.1) is 5.82 Å². The molecule has 8 nitrogen and oxygen atoms in total. The van der Waals surface area contributed by atoms with Crippen molar-refractivity contribution in [3.63, 3.8) is 0 Å². The molecule has 1 heterocycles. The van der Waals surface area contributed by atoms with Crippen LogP contribution in [0.25, 0.3) is 10.9 Å². The molecule has 0 aliphatic rings. The Hall–Kier alpha value is -2.37. The summed E-state index contributed by atoms with van der Waals surface area (Å²) in [5, 5.41) is 3.73. The number of hydrogen-bond acceptors (Lipinski definition) is 5. The molecule has 0 aliphatic heterocycles. The number of carbonyl (C=O) groups excluding carboxylic acids is 1. The van der Waals surface area contributed by atoms with E-state index < -0.39 is 26.6 Å². The summed E-state index contributed by atoms with van der Waals surface area (Å²) in [6.07, 6.45) is 2.03. The van der Waals surface area contributed by atoms with Gasteiger partial charge in [0, 0.05) is 37.4 Å². The van der Waals surface area contributed by atoms with Gasteiger partial charge in [-0.2, -0.15) is 0 Å². The predicted molar refractivity (Wildman–Crippen MR) is 125 cm³/mol. The molecule has 3 rings (SSSR count). The number of ether oxygens (including phenoxy) is 2. The van der Waals surface area contributed by atoms with Crippen LogP contribution in [0.1, 0.15) is 16.8 Å². The number of aromatic nitrogens is 1. The Morgan fingerprint density at radius 1 is 1.12 bits per heavy atom. The SMILES string of the molecule is COCCOCCCNC(=O)c1ccc(S(=O)(=O)Nc2ccc(Cl)c3c(Cl)c[nH]c23)c(F)c1. The number of halogens is 3. The number of nitrogens with one attached hydrogen (secondary N) is 3. The van der Waals surface area contributed by atoms with Crippen LogP contribution >= 0.6 is 23.2 Å². The number of carbonyl (C=O) groups is 1. The minimum Gasteiger partial charge on any atom is -0.382 e. The van der Waals surface area contributed by atoms with Crippen molar-refractivity contribution >= 4 is 55.7 Å². The third-order valence-electron chi connectivity index (χ3n) is 4.65. The third-order valence-corrected chi connectivity index (χ3v) is 6.66. The predicted octanol–water partition coefficient (Wildman–Crippen LogP) is 4.20. The minimum absolute atomic E-state index is 0.00298. The van der Waals surface area contributed by atoms with Gasteiger partial charge in [0.1, 0.15) is 10.7 Å². The lowest BCUT2D eigenvalue weighted by molar-refractivity contribution is 0.0688. The Balaban J connectivity index is 1.68. The maximum Gasteiger partial charge on any atom is 0.264 e. The van der Waals surface area contributed by atoms with Gasteiger partial charge in [0.05, 0.1) is 34.5 Å². The van der Waals surface area contributed by atoms with E-state index in [1.807, 2.05) is 0 Å². The van der Waals surface area contributed by atoms with Crippen LogP contribution < -0.4 is 10.0 Å². The van der Waals surface area contributed by atoms with E-state index in [1.54, 1.807) is 7.11 Å². The molecule has 0 aliphatic carbocycles. The highest BCUT2D eigenvalue weighted by atomic mass is 35.5. The van der Waals surface area contributed by atoms with E-state index in [0.717, 1.165) is 12.1 Å². The molecule has 0 fully saturated rings. The van der Waals surface area contributed by atoms with Gasteiger partial charge in [-0.1, -0.05) is 23.2 Å². The van der Waals surface area contributed by atoms with Crippen molar-refractivity contribution in [3.8, 4) is 0 Å². The molecule has 33 heavy (non-hydrogen) atoms. The number of aromatic amines is 1. The maximum absolute atomic E-state index is 14.7. The fraction of sp³-hybridized carbons (Fsp3) is 0.286. The normalized spacial score (nSPS) is 11.6. The molecule has 0 saturated carbocycles. The van der Waals surface area contributed by atoms with Gasteiger partial charge in [-0.25, -0.2) is 12.8 Å². The maximum atomic E-state index is 14.7. The first kappa shape index (κ1) is 25.3. The van der Waals surface area contributed by atoms with Crippen LogP contribution in [0.3, 0.4) is 0 Å². The largest absolute Gasteiger partial charge is 0.382 e. The number of hydrogen-bond donors (Lipinski definition) is 3. The van der Waals surface area contributed by atoms with Crippen molar-refractivity contribution in [2.75, 3.05) is 38.2 Å². The van der Waals surface area contributed by atoms with Gasteiger partial charge in [0.15, 0.2) is 0 Å². The van der Waals surface area contributed by atoms with E-state index in [2.05, 4.69) is 15.0 Å². The first-order chi connectivity index (χ1) is 15.7. The average Bonchev–Trinajstić information content (AvgIpc) is 3.17. The summed E-state index contributed by atoms with van der Waals surface area (Å²) in [5.41, 5.74) is 0.505. The molecule has 2 aromatic carbocycles. The second kappa shape index (κ2) is 11.2. The van der Waals surface area contributed by atoms with Gasteiger partial charge >= 0.3 is 0 Å². The van der Waals surface area contributed by atoms with Crippen LogP contribution in [-0.2, 0) is 19.5 Å². The molecule has 0 spiro atoms. The number of amides is 1. The molecule has 178 valence electrons. The molecule has 1 aromatic heterocycles. The number of H-pyrrole nitrogens is 1. The lowest BCUT2D eigenvalue weighted by Gasteiger charge is -2.12. The quantitative estimate of drug-likeness (QED) is 0.330. The molecule has 0 unspecified atom stereocenters. The van der Waals surface area contributed by atoms with Gasteiger partial charge in [-0.3, -0.25) is 9.52 Å². The van der Waals surface area contributed by atoms with Crippen molar-refractivity contribution < 1.29 is 27.1 Å². The zero-order chi connectivity index (χ0) is 24.0. The van der Waals surface area contributed by atoms with Crippen molar-refractivity contribution in [2.45, 2.75) is 11.3 Å². The fourth-order valence-corrected chi connectivity index (χ4v) is 4.73. The molecule has 0 atom stereocenters. The number of methoxy groups -OCH3 is 1. The zero-order valence-corrected chi connectivity index (χ0v) is 19.9. The Morgan fingerprint density at radius 3 is 2.64 bits per heavy atom. The van der Waals surface area contributed by atoms with E-state index >= 15 is 0 Å². The van der Waals surface area contributed by atoms with Gasteiger partial charge in [-0.05, 0) is 36.8 Å². The Bertz CT molecular complexity index is 1250. The molecule has 0 saturated heterocycles. The lowest BCUT2D eigenvalue weighted by Crippen LogP contribution is -2.26. The molecular weight excluding hydrogens is 496 g/mol. The van der Waals surface area contributed by atoms with E-state index in [4.69, 9.17) is 32.7 Å². The smallest absolute Gasteiger partial charge is 0.264 e. The van der Waals surface area contributed by atoms with E-state index in [-0.39, 0.29) is 11.3 Å². The van der Waals surface area contributed by atoms with E-state index in [0.29, 0.717) is 53.7 Å². The monoisotopic (exact) mass is 517 g/mol. The van der Waals surface area contributed by atoms with Crippen molar-refractivity contribution in [1.29, 1.82) is 0 Å². The van der Waals surface area contributed by atoms with Crippen LogP contribution in [0.5, 0.6) is 0 Å². The standard InChI is InChI=1S/C21H22Cl2FN3O5S/c1-31-9-10-32-8-2-7-25-21(28)13-3-6-18(16(24)11-13)33(29,30)27-17-5-4-14(22)19-15(23)12-26-20(17)19/h3-6,11-12,26-27H,2,7-10H2,1H3,(H,25,28). The van der Waals surface area contributed by atoms with Crippen LogP contribution in [0.2, 0.25) is 10.0 Å². The Morgan fingerprint density at radius 2 is 1.91 bits per heavy atom. The highest BCUT2D eigenvalue weighted by Crippen LogP contribution is 2.35. The number of sulfonamides is 1. The molecular formula is C21H22Cl2FN3O5S. The summed E-state index contributed by atoms with van der Waals surface area (Å²) >= 11 is 12.2. The molecule has 0 radical (unpaired) electrons. The van der Waals surface area contributed by atoms with Gasteiger partial charge in [0.25, 0.3) is 15.9 Å². The van der Waals surface area contributed by atoms with Crippen LogP contribution in [0.15, 0.2) is 41.4 Å². The van der Waals surface area contributed by atoms with E-state index in [1.165, 1.54) is 24.4 Å². The van der Waals surface area contributed by atoms with Crippen LogP contribution in [0.4, 0.5) is 10.1 Å². The van der Waals surface area contributed by atoms with Crippen molar-refractivity contribution in [3.05, 3.63) is 58.0 Å². The first-order valence-corrected chi connectivity index (χ1v) is 12.1. The van der Waals surface area contributed by atoms with Crippen molar-refractivity contribution in [1.82, 2.24) is 10.3 Å². The fourth-order valence-electron chi connectivity index (χ4n) is 3.04. The number of anilines is 1. The van der Waals surface area contributed by atoms with Crippen molar-refractivity contribution in [2.24, 2.45) is 0 Å². The second-order valence-electron chi connectivity index (χ2n) is 6.95. The zero-order valence-electron chi connectivity index (χ0n) is 17.6. The number of benzene rings is 2. The second-order valence-corrected chi connectivity index (χ2v) is 9.41. The van der Waals surface area contributed by atoms with Gasteiger partial charge in [-0.15, -0.1) is 0 Å². The van der Waals surface area contributed by atoms with Gasteiger partial charge in [0.2, 0.25) is 0 Å². The summed E-state index contributed by atoms with van der Waals surface area (Å²) in [7, 11) is -2.73. The average molecular weight is 518 g/mol. The molecule has 3 aromatic rings. The summed E-state index contributed by atoms with van der Waals surface area (Å²) in [6.45, 7) is 1.70. The summed E-state index contributed by atoms with van der Waals surface area (Å²) < 4.78 is 52.8. The topological polar surface area (TPSA) is 110 Å². The summed E-state index contributed by atoms with van der Waals surface area (Å²) in [4.78, 5) is 14.5. The third kappa shape index (κ3) is 6.15. The minimum atomic E-state index is -4.30. The molecule has 12 heteroatoms.